The molecule has 0 bridgehead atoms. The topological polar surface area (TPSA) is 47.1 Å². The quantitative estimate of drug-likeness (QED) is 0.837. The van der Waals surface area contributed by atoms with Crippen molar-refractivity contribution in [1.29, 1.82) is 0 Å². The van der Waals surface area contributed by atoms with Gasteiger partial charge in [-0.25, -0.2) is 0 Å². The molecule has 0 aliphatic carbocycles. The number of fused-ring (bicyclic) bond motifs is 1. The average molecular weight is 256 g/mol. The molecule has 0 saturated heterocycles. The number of rotatable bonds is 2. The molecule has 1 aliphatic rings. The van der Waals surface area contributed by atoms with Crippen LogP contribution in [0.1, 0.15) is 29.7 Å². The third kappa shape index (κ3) is 2.24. The Hall–Kier alpha value is -1.81. The van der Waals surface area contributed by atoms with E-state index in [4.69, 9.17) is 5.73 Å². The van der Waals surface area contributed by atoms with Gasteiger partial charge in [-0.3, -0.25) is 9.58 Å². The summed E-state index contributed by atoms with van der Waals surface area (Å²) in [5, 5.41) is 4.26. The van der Waals surface area contributed by atoms with Crippen molar-refractivity contribution in [3.8, 4) is 0 Å². The summed E-state index contributed by atoms with van der Waals surface area (Å²) in [5.74, 6) is 0. The zero-order valence-corrected chi connectivity index (χ0v) is 11.5. The molecule has 1 atom stereocenters. The Kier molecular flexibility index (Phi) is 3.03. The highest BCUT2D eigenvalue weighted by Gasteiger charge is 2.23. The molecule has 3 rings (SSSR count). The highest BCUT2D eigenvalue weighted by atomic mass is 15.2. The van der Waals surface area contributed by atoms with Gasteiger partial charge in [0.1, 0.15) is 0 Å². The van der Waals surface area contributed by atoms with Gasteiger partial charge in [-0.1, -0.05) is 12.1 Å². The third-order valence-corrected chi connectivity index (χ3v) is 4.09. The van der Waals surface area contributed by atoms with Gasteiger partial charge in [-0.15, -0.1) is 0 Å². The second-order valence-electron chi connectivity index (χ2n) is 5.33. The summed E-state index contributed by atoms with van der Waals surface area (Å²) in [4.78, 5) is 2.47. The standard InChI is InChI=1S/C15H20N4/c1-11(13-8-17-18(2)9-13)19-7-6-12-4-3-5-15(16)14(12)10-19/h3-5,8-9,11H,6-7,10,16H2,1-2H3. The maximum Gasteiger partial charge on any atom is 0.0537 e. The van der Waals surface area contributed by atoms with Gasteiger partial charge in [-0.2, -0.15) is 5.10 Å². The summed E-state index contributed by atoms with van der Waals surface area (Å²) in [6.07, 6.45) is 5.12. The molecule has 0 amide bonds. The van der Waals surface area contributed by atoms with E-state index in [1.165, 1.54) is 16.7 Å². The second-order valence-corrected chi connectivity index (χ2v) is 5.33. The lowest BCUT2D eigenvalue weighted by Gasteiger charge is -2.33. The Bertz CT molecular complexity index is 588. The number of benzene rings is 1. The molecule has 1 aromatic carbocycles. The molecule has 2 heterocycles. The molecule has 100 valence electrons. The Morgan fingerprint density at radius 3 is 2.95 bits per heavy atom. The number of hydrogen-bond donors (Lipinski definition) is 1. The minimum absolute atomic E-state index is 0.376. The van der Waals surface area contributed by atoms with Crippen LogP contribution in [0, 0.1) is 0 Å². The number of nitrogens with two attached hydrogens (primary N) is 1. The van der Waals surface area contributed by atoms with E-state index in [0.717, 1.165) is 25.2 Å². The first-order valence-corrected chi connectivity index (χ1v) is 6.74. The van der Waals surface area contributed by atoms with Gasteiger partial charge < -0.3 is 5.73 Å². The van der Waals surface area contributed by atoms with Crippen LogP contribution in [0.5, 0.6) is 0 Å². The van der Waals surface area contributed by atoms with Crippen LogP contribution >= 0.6 is 0 Å². The fraction of sp³-hybridized carbons (Fsp3) is 0.400. The van der Waals surface area contributed by atoms with E-state index in [1.807, 2.05) is 30.1 Å². The number of nitrogens with zero attached hydrogens (tertiary/aromatic N) is 3. The van der Waals surface area contributed by atoms with Crippen molar-refractivity contribution >= 4 is 5.69 Å². The molecule has 1 aromatic heterocycles. The van der Waals surface area contributed by atoms with E-state index in [0.29, 0.717) is 6.04 Å². The third-order valence-electron chi connectivity index (χ3n) is 4.09. The number of aromatic nitrogens is 2. The number of nitrogen functional groups attached to an aromatic ring is 1. The summed E-state index contributed by atoms with van der Waals surface area (Å²) in [6.45, 7) is 4.24. The van der Waals surface area contributed by atoms with Crippen LogP contribution in [0.3, 0.4) is 0 Å². The zero-order valence-electron chi connectivity index (χ0n) is 11.5. The van der Waals surface area contributed by atoms with Crippen LogP contribution in [-0.2, 0) is 20.0 Å². The maximum absolute atomic E-state index is 6.10. The fourth-order valence-electron chi connectivity index (χ4n) is 2.83. The maximum atomic E-state index is 6.10. The predicted molar refractivity (Wildman–Crippen MR) is 76.6 cm³/mol. The molecular weight excluding hydrogens is 236 g/mol. The predicted octanol–water partition coefficient (Wildman–Crippen LogP) is 2.12. The molecule has 0 radical (unpaired) electrons. The van der Waals surface area contributed by atoms with E-state index < -0.39 is 0 Å². The van der Waals surface area contributed by atoms with Crippen LogP contribution < -0.4 is 5.73 Å². The summed E-state index contributed by atoms with van der Waals surface area (Å²) in [6, 6.07) is 6.62. The van der Waals surface area contributed by atoms with Crippen molar-refractivity contribution < 1.29 is 0 Å². The molecule has 0 fully saturated rings. The highest BCUT2D eigenvalue weighted by molar-refractivity contribution is 5.51. The van der Waals surface area contributed by atoms with Crippen molar-refractivity contribution in [3.63, 3.8) is 0 Å². The van der Waals surface area contributed by atoms with E-state index in [2.05, 4.69) is 29.2 Å². The summed E-state index contributed by atoms with van der Waals surface area (Å²) in [5.41, 5.74) is 11.0. The van der Waals surface area contributed by atoms with Crippen molar-refractivity contribution in [1.82, 2.24) is 14.7 Å². The molecule has 19 heavy (non-hydrogen) atoms. The lowest BCUT2D eigenvalue weighted by Crippen LogP contribution is -2.33. The normalized spacial score (nSPS) is 17.2. The minimum atomic E-state index is 0.376. The first-order chi connectivity index (χ1) is 9.15. The smallest absolute Gasteiger partial charge is 0.0537 e. The molecule has 2 N–H and O–H groups in total. The van der Waals surface area contributed by atoms with Crippen LogP contribution in [0.25, 0.3) is 0 Å². The van der Waals surface area contributed by atoms with Gasteiger partial charge in [0.2, 0.25) is 0 Å². The van der Waals surface area contributed by atoms with E-state index >= 15 is 0 Å². The summed E-state index contributed by atoms with van der Waals surface area (Å²) >= 11 is 0. The van der Waals surface area contributed by atoms with Crippen molar-refractivity contribution in [2.24, 2.45) is 7.05 Å². The molecule has 2 aromatic rings. The van der Waals surface area contributed by atoms with Gasteiger partial charge in [0.15, 0.2) is 0 Å². The van der Waals surface area contributed by atoms with E-state index in [9.17, 15) is 0 Å². The highest BCUT2D eigenvalue weighted by Crippen LogP contribution is 2.29. The van der Waals surface area contributed by atoms with E-state index in [1.54, 1.807) is 0 Å². The lowest BCUT2D eigenvalue weighted by molar-refractivity contribution is 0.192. The van der Waals surface area contributed by atoms with Crippen LogP contribution in [-0.4, -0.2) is 21.2 Å². The Morgan fingerprint density at radius 2 is 2.21 bits per heavy atom. The summed E-state index contributed by atoms with van der Waals surface area (Å²) < 4.78 is 1.86. The number of hydrogen-bond acceptors (Lipinski definition) is 3. The molecule has 1 aliphatic heterocycles. The van der Waals surface area contributed by atoms with E-state index in [-0.39, 0.29) is 0 Å². The zero-order chi connectivity index (χ0) is 13.4. The SMILES string of the molecule is CC(c1cnn(C)c1)N1CCc2cccc(N)c2C1. The number of anilines is 1. The van der Waals surface area contributed by atoms with Crippen LogP contribution in [0.2, 0.25) is 0 Å². The molecule has 0 saturated carbocycles. The first-order valence-electron chi connectivity index (χ1n) is 6.74. The molecule has 0 spiro atoms. The second kappa shape index (κ2) is 4.70. The van der Waals surface area contributed by atoms with Gasteiger partial charge in [0, 0.05) is 43.6 Å². The lowest BCUT2D eigenvalue weighted by atomic mass is 9.96. The van der Waals surface area contributed by atoms with Gasteiger partial charge >= 0.3 is 0 Å². The van der Waals surface area contributed by atoms with Gasteiger partial charge in [0.25, 0.3) is 0 Å². The Balaban J connectivity index is 1.83. The van der Waals surface area contributed by atoms with Crippen LogP contribution in [0.15, 0.2) is 30.6 Å². The van der Waals surface area contributed by atoms with Crippen molar-refractivity contribution in [2.75, 3.05) is 12.3 Å². The Labute approximate surface area is 113 Å². The molecular formula is C15H20N4. The van der Waals surface area contributed by atoms with Gasteiger partial charge in [0.05, 0.1) is 6.20 Å². The minimum Gasteiger partial charge on any atom is -0.398 e. The van der Waals surface area contributed by atoms with Gasteiger partial charge in [-0.05, 0) is 30.5 Å². The van der Waals surface area contributed by atoms with Crippen molar-refractivity contribution in [2.45, 2.75) is 25.9 Å². The Morgan fingerprint density at radius 1 is 1.37 bits per heavy atom. The largest absolute Gasteiger partial charge is 0.398 e. The molecule has 4 nitrogen and oxygen atoms in total. The van der Waals surface area contributed by atoms with Crippen LogP contribution in [0.4, 0.5) is 5.69 Å². The summed E-state index contributed by atoms with van der Waals surface area (Å²) in [7, 11) is 1.96. The first kappa shape index (κ1) is 12.2. The van der Waals surface area contributed by atoms with Crippen molar-refractivity contribution in [3.05, 3.63) is 47.3 Å². The molecule has 4 heteroatoms. The monoisotopic (exact) mass is 256 g/mol. The fourth-order valence-corrected chi connectivity index (χ4v) is 2.83. The average Bonchev–Trinajstić information content (AvgIpc) is 2.85. The number of aryl methyl sites for hydroxylation is 1. The molecule has 1 unspecified atom stereocenters.